The summed E-state index contributed by atoms with van der Waals surface area (Å²) in [6, 6.07) is 7.30. The number of carbonyl (C=O) groups excluding carboxylic acids is 1. The van der Waals surface area contributed by atoms with E-state index in [1.165, 1.54) is 12.4 Å². The molecule has 0 atom stereocenters. The van der Waals surface area contributed by atoms with Gasteiger partial charge in [0.2, 0.25) is 5.91 Å². The van der Waals surface area contributed by atoms with Gasteiger partial charge < -0.3 is 4.90 Å². The monoisotopic (exact) mass is 276 g/mol. The number of nitrogens with zero attached hydrogens (tertiary/aromatic N) is 3. The first-order chi connectivity index (χ1) is 9.15. The van der Waals surface area contributed by atoms with Gasteiger partial charge in [-0.1, -0.05) is 23.7 Å². The van der Waals surface area contributed by atoms with Crippen LogP contribution in [0.2, 0.25) is 5.02 Å². The van der Waals surface area contributed by atoms with Gasteiger partial charge in [-0.15, -0.1) is 0 Å². The molecule has 0 radical (unpaired) electrons. The van der Waals surface area contributed by atoms with Crippen LogP contribution in [0.1, 0.15) is 11.4 Å². The summed E-state index contributed by atoms with van der Waals surface area (Å²) >= 11 is 5.87. The van der Waals surface area contributed by atoms with Gasteiger partial charge >= 0.3 is 0 Å². The molecule has 0 saturated heterocycles. The minimum Gasteiger partial charge on any atom is -0.335 e. The van der Waals surface area contributed by atoms with Gasteiger partial charge in [0.25, 0.3) is 0 Å². The van der Waals surface area contributed by atoms with Crippen LogP contribution in [0.4, 0.5) is 0 Å². The zero-order valence-corrected chi connectivity index (χ0v) is 11.1. The Bertz CT molecular complexity index is 580. The van der Waals surface area contributed by atoms with Gasteiger partial charge in [-0.05, 0) is 23.8 Å². The summed E-state index contributed by atoms with van der Waals surface area (Å²) in [6.07, 6.45) is 4.64. The predicted molar refractivity (Wildman–Crippen MR) is 73.3 cm³/mol. The standard InChI is InChI=1S/C13H13ClN4O/c1-18(8-12-15-9-16-17-12)13(19)6-5-10-3-2-4-11(14)7-10/h2-7,9H,8H2,1H3,(H,15,16,17). The number of benzene rings is 1. The number of hydrogen-bond acceptors (Lipinski definition) is 3. The third-order valence-corrected chi connectivity index (χ3v) is 2.73. The molecule has 1 aromatic carbocycles. The average molecular weight is 277 g/mol. The maximum atomic E-state index is 11.9. The van der Waals surface area contributed by atoms with Crippen molar-refractivity contribution in [2.24, 2.45) is 0 Å². The highest BCUT2D eigenvalue weighted by atomic mass is 35.5. The summed E-state index contributed by atoms with van der Waals surface area (Å²) in [4.78, 5) is 17.4. The van der Waals surface area contributed by atoms with Crippen molar-refractivity contribution in [2.75, 3.05) is 7.05 Å². The molecule has 2 rings (SSSR count). The van der Waals surface area contributed by atoms with Crippen LogP contribution in [-0.4, -0.2) is 33.0 Å². The number of aromatic nitrogens is 3. The molecule has 19 heavy (non-hydrogen) atoms. The molecular weight excluding hydrogens is 264 g/mol. The van der Waals surface area contributed by atoms with Crippen LogP contribution in [0.3, 0.4) is 0 Å². The largest absolute Gasteiger partial charge is 0.335 e. The van der Waals surface area contributed by atoms with Crippen LogP contribution in [0.15, 0.2) is 36.7 Å². The number of hydrogen-bond donors (Lipinski definition) is 1. The molecule has 5 nitrogen and oxygen atoms in total. The number of amides is 1. The second kappa shape index (κ2) is 6.15. The molecule has 0 bridgehead atoms. The molecule has 0 unspecified atom stereocenters. The van der Waals surface area contributed by atoms with Gasteiger partial charge in [0, 0.05) is 18.1 Å². The lowest BCUT2D eigenvalue weighted by Crippen LogP contribution is -2.24. The maximum Gasteiger partial charge on any atom is 0.246 e. The highest BCUT2D eigenvalue weighted by Crippen LogP contribution is 2.12. The molecule has 0 fully saturated rings. The Kier molecular flexibility index (Phi) is 4.30. The molecular formula is C13H13ClN4O. The molecule has 0 aliphatic carbocycles. The van der Waals surface area contributed by atoms with Crippen LogP contribution >= 0.6 is 11.6 Å². The molecule has 1 N–H and O–H groups in total. The molecule has 1 heterocycles. The molecule has 1 amide bonds. The smallest absolute Gasteiger partial charge is 0.246 e. The van der Waals surface area contributed by atoms with Crippen molar-refractivity contribution >= 4 is 23.6 Å². The Balaban J connectivity index is 1.96. The van der Waals surface area contributed by atoms with E-state index in [4.69, 9.17) is 11.6 Å². The minimum atomic E-state index is -0.114. The lowest BCUT2D eigenvalue weighted by molar-refractivity contribution is -0.125. The highest BCUT2D eigenvalue weighted by molar-refractivity contribution is 6.30. The van der Waals surface area contributed by atoms with Gasteiger partial charge in [-0.3, -0.25) is 9.89 Å². The van der Waals surface area contributed by atoms with E-state index in [2.05, 4.69) is 15.2 Å². The van der Waals surface area contributed by atoms with E-state index in [0.717, 1.165) is 5.56 Å². The van der Waals surface area contributed by atoms with Crippen molar-refractivity contribution in [3.63, 3.8) is 0 Å². The summed E-state index contributed by atoms with van der Waals surface area (Å²) < 4.78 is 0. The van der Waals surface area contributed by atoms with E-state index in [9.17, 15) is 4.79 Å². The van der Waals surface area contributed by atoms with E-state index in [1.807, 2.05) is 12.1 Å². The molecule has 0 saturated carbocycles. The van der Waals surface area contributed by atoms with Crippen molar-refractivity contribution in [3.8, 4) is 0 Å². The van der Waals surface area contributed by atoms with Crippen molar-refractivity contribution in [1.29, 1.82) is 0 Å². The van der Waals surface area contributed by atoms with Gasteiger partial charge in [0.05, 0.1) is 6.54 Å². The second-order valence-electron chi connectivity index (χ2n) is 4.01. The summed E-state index contributed by atoms with van der Waals surface area (Å²) in [6.45, 7) is 0.388. The fourth-order valence-corrected chi connectivity index (χ4v) is 1.71. The quantitative estimate of drug-likeness (QED) is 0.870. The fourth-order valence-electron chi connectivity index (χ4n) is 1.51. The van der Waals surface area contributed by atoms with E-state index in [-0.39, 0.29) is 5.91 Å². The summed E-state index contributed by atoms with van der Waals surface area (Å²) in [7, 11) is 1.70. The predicted octanol–water partition coefficient (Wildman–Crippen LogP) is 2.13. The zero-order valence-electron chi connectivity index (χ0n) is 10.4. The van der Waals surface area contributed by atoms with Gasteiger partial charge in [-0.2, -0.15) is 5.10 Å². The van der Waals surface area contributed by atoms with Gasteiger partial charge in [0.15, 0.2) is 0 Å². The summed E-state index contributed by atoms with van der Waals surface area (Å²) in [5, 5.41) is 7.08. The number of H-pyrrole nitrogens is 1. The highest BCUT2D eigenvalue weighted by Gasteiger charge is 2.07. The van der Waals surface area contributed by atoms with Gasteiger partial charge in [0.1, 0.15) is 12.2 Å². The lowest BCUT2D eigenvalue weighted by atomic mass is 10.2. The average Bonchev–Trinajstić information content (AvgIpc) is 2.89. The molecule has 0 aliphatic rings. The number of rotatable bonds is 4. The van der Waals surface area contributed by atoms with E-state index < -0.39 is 0 Å². The first-order valence-corrected chi connectivity index (χ1v) is 6.06. The second-order valence-corrected chi connectivity index (χ2v) is 4.45. The first kappa shape index (κ1) is 13.3. The van der Waals surface area contributed by atoms with E-state index in [0.29, 0.717) is 17.4 Å². The lowest BCUT2D eigenvalue weighted by Gasteiger charge is -2.12. The van der Waals surface area contributed by atoms with E-state index in [1.54, 1.807) is 30.2 Å². The topological polar surface area (TPSA) is 61.9 Å². The fraction of sp³-hybridized carbons (Fsp3) is 0.154. The first-order valence-electron chi connectivity index (χ1n) is 5.68. The third kappa shape index (κ3) is 3.93. The van der Waals surface area contributed by atoms with Crippen LogP contribution in [0.5, 0.6) is 0 Å². The molecule has 6 heteroatoms. The molecule has 0 spiro atoms. The number of halogens is 1. The SMILES string of the molecule is CN(Cc1ncn[nH]1)C(=O)C=Cc1cccc(Cl)c1. The number of carbonyl (C=O) groups is 1. The van der Waals surface area contributed by atoms with Crippen LogP contribution < -0.4 is 0 Å². The molecule has 0 aliphatic heterocycles. The Morgan fingerprint density at radius 2 is 2.37 bits per heavy atom. The Morgan fingerprint density at radius 1 is 1.53 bits per heavy atom. The molecule has 1 aromatic heterocycles. The van der Waals surface area contributed by atoms with Crippen LogP contribution in [0, 0.1) is 0 Å². The van der Waals surface area contributed by atoms with Crippen molar-refractivity contribution < 1.29 is 4.79 Å². The Hall–Kier alpha value is -2.14. The molecule has 2 aromatic rings. The minimum absolute atomic E-state index is 0.114. The zero-order chi connectivity index (χ0) is 13.7. The van der Waals surface area contributed by atoms with Crippen molar-refractivity contribution in [1.82, 2.24) is 20.1 Å². The van der Waals surface area contributed by atoms with E-state index >= 15 is 0 Å². The van der Waals surface area contributed by atoms with Crippen LogP contribution in [0.25, 0.3) is 6.08 Å². The maximum absolute atomic E-state index is 11.9. The normalized spacial score (nSPS) is 10.8. The Labute approximate surface area is 115 Å². The van der Waals surface area contributed by atoms with Crippen LogP contribution in [-0.2, 0) is 11.3 Å². The van der Waals surface area contributed by atoms with Crippen molar-refractivity contribution in [3.05, 3.63) is 53.1 Å². The third-order valence-electron chi connectivity index (χ3n) is 2.50. The number of likely N-dealkylation sites (N-methyl/N-ethyl adjacent to an activating group) is 1. The number of nitrogens with one attached hydrogen (secondary N) is 1. The molecule has 98 valence electrons. The summed E-state index contributed by atoms with van der Waals surface area (Å²) in [5.41, 5.74) is 0.883. The van der Waals surface area contributed by atoms with Crippen molar-refractivity contribution in [2.45, 2.75) is 6.54 Å². The number of aromatic amines is 1. The summed E-state index contributed by atoms with van der Waals surface area (Å²) in [5.74, 6) is 0.531. The Morgan fingerprint density at radius 3 is 3.05 bits per heavy atom. The van der Waals surface area contributed by atoms with Gasteiger partial charge in [-0.25, -0.2) is 4.98 Å².